The van der Waals surface area contributed by atoms with E-state index < -0.39 is 22.9 Å². The molecule has 42 heavy (non-hydrogen) atoms. The molecule has 2 aromatic rings. The van der Waals surface area contributed by atoms with Crippen LogP contribution in [0.3, 0.4) is 0 Å². The lowest BCUT2D eigenvalue weighted by Crippen LogP contribution is -2.61. The van der Waals surface area contributed by atoms with Crippen LogP contribution in [0, 0.1) is 11.3 Å². The summed E-state index contributed by atoms with van der Waals surface area (Å²) in [5.74, 6) is -0.650. The highest BCUT2D eigenvalue weighted by Crippen LogP contribution is 2.29. The third kappa shape index (κ3) is 9.17. The minimum atomic E-state index is -0.786. The Balaban J connectivity index is 2.25. The maximum Gasteiger partial charge on any atom is 0.246 e. The fraction of sp³-hybridized carbons (Fsp3) is 0.500. The Labute approximate surface area is 257 Å². The van der Waals surface area contributed by atoms with Crippen LogP contribution in [0.2, 0.25) is 5.02 Å². The van der Waals surface area contributed by atoms with E-state index in [4.69, 9.17) is 11.6 Å². The lowest BCUT2D eigenvalue weighted by Gasteiger charge is -2.40. The number of hydrogen-bond acceptors (Lipinski definition) is 4. The summed E-state index contributed by atoms with van der Waals surface area (Å²) >= 11 is 5.96. The van der Waals surface area contributed by atoms with Crippen LogP contribution >= 0.6 is 11.6 Å². The van der Waals surface area contributed by atoms with Crippen LogP contribution in [-0.4, -0.2) is 54.8 Å². The summed E-state index contributed by atoms with van der Waals surface area (Å²) in [5.41, 5.74) is 1.37. The van der Waals surface area contributed by atoms with Gasteiger partial charge in [0, 0.05) is 29.6 Å². The van der Waals surface area contributed by atoms with Crippen LogP contribution in [0.5, 0.6) is 0 Å². The van der Waals surface area contributed by atoms with Crippen molar-refractivity contribution in [3.63, 3.8) is 0 Å². The first kappa shape index (κ1) is 35.0. The summed E-state index contributed by atoms with van der Waals surface area (Å²) in [6, 6.07) is 15.5. The second kappa shape index (κ2) is 14.8. The molecule has 3 amide bonds. The van der Waals surface area contributed by atoms with E-state index in [9.17, 15) is 14.4 Å². The Morgan fingerprint density at radius 1 is 0.929 bits per heavy atom. The van der Waals surface area contributed by atoms with Crippen molar-refractivity contribution in [2.24, 2.45) is 11.3 Å². The lowest BCUT2D eigenvalue weighted by molar-refractivity contribution is -0.140. The van der Waals surface area contributed by atoms with Gasteiger partial charge in [-0.25, -0.2) is 0 Å². The molecular formula is C34H49ClN4O3. The van der Waals surface area contributed by atoms with Gasteiger partial charge in [0.25, 0.3) is 0 Å². The molecule has 0 spiro atoms. The number of rotatable bonds is 12. The maximum absolute atomic E-state index is 14.0. The molecule has 230 valence electrons. The molecule has 0 aromatic heterocycles. The molecule has 0 heterocycles. The van der Waals surface area contributed by atoms with Crippen molar-refractivity contribution >= 4 is 29.3 Å². The quantitative estimate of drug-likeness (QED) is 0.283. The van der Waals surface area contributed by atoms with Gasteiger partial charge in [-0.05, 0) is 48.6 Å². The summed E-state index contributed by atoms with van der Waals surface area (Å²) in [6.07, 6.45) is 1.83. The molecule has 7 nitrogen and oxygen atoms in total. The van der Waals surface area contributed by atoms with Crippen LogP contribution < -0.4 is 16.0 Å². The van der Waals surface area contributed by atoms with Crippen molar-refractivity contribution in [2.75, 3.05) is 14.1 Å². The number of amides is 3. The van der Waals surface area contributed by atoms with Crippen molar-refractivity contribution in [1.82, 2.24) is 20.9 Å². The molecule has 0 saturated carbocycles. The van der Waals surface area contributed by atoms with Gasteiger partial charge in [0.1, 0.15) is 6.04 Å². The van der Waals surface area contributed by atoms with Gasteiger partial charge in [0.05, 0.1) is 12.1 Å². The molecule has 0 saturated heterocycles. The highest BCUT2D eigenvalue weighted by molar-refractivity contribution is 6.30. The number of nitrogens with zero attached hydrogens (tertiary/aromatic N) is 1. The van der Waals surface area contributed by atoms with Gasteiger partial charge in [0.2, 0.25) is 17.7 Å². The Morgan fingerprint density at radius 2 is 1.50 bits per heavy atom. The predicted octanol–water partition coefficient (Wildman–Crippen LogP) is 5.48. The molecule has 2 rings (SSSR count). The zero-order valence-corrected chi connectivity index (χ0v) is 27.6. The van der Waals surface area contributed by atoms with Gasteiger partial charge in [-0.3, -0.25) is 14.4 Å². The summed E-state index contributed by atoms with van der Waals surface area (Å²) in [5, 5.41) is 9.82. The molecule has 0 aliphatic rings. The average Bonchev–Trinajstić information content (AvgIpc) is 2.93. The Kier molecular flexibility index (Phi) is 12.4. The normalized spacial score (nSPS) is 14.6. The standard InChI is InChI=1S/C34H49ClN4O3/c1-22(2)27(20-23(3)30(40)37-21-24-16-18-26(35)19-17-24)39(10)32(42)29(33(4,5)6)38-31(41)28(36-9)34(7,8)25-14-12-11-13-15-25/h11-20,22,27-29,36H,21H2,1-10H3,(H,37,40)(H,38,41)/t27-,28-,29-/m1/s1. The van der Waals surface area contributed by atoms with Crippen molar-refractivity contribution in [1.29, 1.82) is 0 Å². The number of carbonyl (C=O) groups is 3. The van der Waals surface area contributed by atoms with Crippen molar-refractivity contribution in [3.05, 3.63) is 82.4 Å². The number of likely N-dealkylation sites (N-methyl/N-ethyl adjacent to an activating group) is 2. The number of hydrogen-bond donors (Lipinski definition) is 3. The van der Waals surface area contributed by atoms with Crippen molar-refractivity contribution < 1.29 is 14.4 Å². The van der Waals surface area contributed by atoms with E-state index in [1.807, 2.05) is 97.0 Å². The Hall–Kier alpha value is -3.16. The van der Waals surface area contributed by atoms with Crippen molar-refractivity contribution in [2.45, 2.75) is 85.5 Å². The zero-order chi connectivity index (χ0) is 31.8. The lowest BCUT2D eigenvalue weighted by atomic mass is 9.76. The van der Waals surface area contributed by atoms with E-state index in [-0.39, 0.29) is 29.7 Å². The van der Waals surface area contributed by atoms with Crippen molar-refractivity contribution in [3.8, 4) is 0 Å². The molecule has 0 fully saturated rings. The maximum atomic E-state index is 14.0. The first-order valence-electron chi connectivity index (χ1n) is 14.5. The van der Waals surface area contributed by atoms with Gasteiger partial charge in [-0.2, -0.15) is 0 Å². The molecule has 0 bridgehead atoms. The molecule has 2 aromatic carbocycles. The SMILES string of the molecule is CN[C@H](C(=O)N[C@H](C(=O)N(C)[C@H](C=C(C)C(=O)NCc1ccc(Cl)cc1)C(C)C)C(C)(C)C)C(C)(C)c1ccccc1. The Morgan fingerprint density at radius 3 is 2.00 bits per heavy atom. The fourth-order valence-electron chi connectivity index (χ4n) is 5.09. The summed E-state index contributed by atoms with van der Waals surface area (Å²) in [7, 11) is 3.49. The summed E-state index contributed by atoms with van der Waals surface area (Å²) in [6.45, 7) is 16.0. The van der Waals surface area contributed by atoms with Gasteiger partial charge < -0.3 is 20.9 Å². The predicted molar refractivity (Wildman–Crippen MR) is 172 cm³/mol. The van der Waals surface area contributed by atoms with Gasteiger partial charge in [-0.1, -0.05) is 109 Å². The van der Waals surface area contributed by atoms with Crippen LogP contribution in [-0.2, 0) is 26.3 Å². The third-order valence-electron chi connectivity index (χ3n) is 7.81. The molecule has 0 unspecified atom stereocenters. The molecule has 0 aliphatic carbocycles. The van der Waals surface area contributed by atoms with E-state index in [0.717, 1.165) is 11.1 Å². The smallest absolute Gasteiger partial charge is 0.246 e. The number of benzene rings is 2. The summed E-state index contributed by atoms with van der Waals surface area (Å²) in [4.78, 5) is 42.3. The van der Waals surface area contributed by atoms with Gasteiger partial charge in [0.15, 0.2) is 0 Å². The Bertz CT molecular complexity index is 1230. The highest BCUT2D eigenvalue weighted by atomic mass is 35.5. The van der Waals surface area contributed by atoms with Crippen LogP contribution in [0.25, 0.3) is 0 Å². The first-order chi connectivity index (χ1) is 19.5. The molecule has 8 heteroatoms. The molecule has 3 atom stereocenters. The zero-order valence-electron chi connectivity index (χ0n) is 26.8. The van der Waals surface area contributed by atoms with Crippen LogP contribution in [0.1, 0.15) is 66.5 Å². The molecule has 0 aliphatic heterocycles. The van der Waals surface area contributed by atoms with Crippen LogP contribution in [0.15, 0.2) is 66.2 Å². The largest absolute Gasteiger partial charge is 0.348 e. The second-order valence-corrected chi connectivity index (χ2v) is 13.4. The van der Waals surface area contributed by atoms with E-state index >= 15 is 0 Å². The fourth-order valence-corrected chi connectivity index (χ4v) is 5.21. The van der Waals surface area contributed by atoms with E-state index in [0.29, 0.717) is 17.1 Å². The minimum absolute atomic E-state index is 0.0244. The average molecular weight is 597 g/mol. The van der Waals surface area contributed by atoms with Gasteiger partial charge >= 0.3 is 0 Å². The number of nitrogens with one attached hydrogen (secondary N) is 3. The monoisotopic (exact) mass is 596 g/mol. The van der Waals surface area contributed by atoms with E-state index in [2.05, 4.69) is 16.0 Å². The minimum Gasteiger partial charge on any atom is -0.348 e. The molecular weight excluding hydrogens is 548 g/mol. The summed E-state index contributed by atoms with van der Waals surface area (Å²) < 4.78 is 0. The van der Waals surface area contributed by atoms with E-state index in [1.165, 1.54) is 0 Å². The highest BCUT2D eigenvalue weighted by Gasteiger charge is 2.41. The number of carbonyl (C=O) groups excluding carboxylic acids is 3. The molecule has 0 radical (unpaired) electrons. The van der Waals surface area contributed by atoms with Gasteiger partial charge in [-0.15, -0.1) is 0 Å². The van der Waals surface area contributed by atoms with E-state index in [1.54, 1.807) is 38.1 Å². The first-order valence-corrected chi connectivity index (χ1v) is 14.9. The number of halogens is 1. The second-order valence-electron chi connectivity index (χ2n) is 13.0. The van der Waals surface area contributed by atoms with Crippen LogP contribution in [0.4, 0.5) is 0 Å². The molecule has 3 N–H and O–H groups in total. The topological polar surface area (TPSA) is 90.5 Å². The third-order valence-corrected chi connectivity index (χ3v) is 8.07.